The first-order valence-electron chi connectivity index (χ1n) is 7.83. The molecule has 2 rings (SSSR count). The second-order valence-electron chi connectivity index (χ2n) is 6.86. The van der Waals surface area contributed by atoms with Crippen LogP contribution < -0.4 is 14.2 Å². The Labute approximate surface area is 148 Å². The maximum atomic E-state index is 11.9. The van der Waals surface area contributed by atoms with E-state index in [4.69, 9.17) is 13.7 Å². The number of nitrogens with zero attached hydrogens (tertiary/aromatic N) is 1. The highest BCUT2D eigenvalue weighted by atomic mass is 32.2. The number of amides is 1. The number of hydrogen-bond donors (Lipinski definition) is 1. The molecular formula is C16H24N2O6S. The number of nitrogens with one attached hydrogen (secondary N) is 1. The van der Waals surface area contributed by atoms with Crippen LogP contribution in [0.25, 0.3) is 0 Å². The lowest BCUT2D eigenvalue weighted by Gasteiger charge is -2.25. The number of hydrogen-bond acceptors (Lipinski definition) is 6. The fraction of sp³-hybridized carbons (Fsp3) is 0.562. The van der Waals surface area contributed by atoms with Gasteiger partial charge in [0.15, 0.2) is 0 Å². The molecule has 140 valence electrons. The molecule has 1 aromatic carbocycles. The smallest absolute Gasteiger partial charge is 0.410 e. The molecule has 1 aromatic rings. The first kappa shape index (κ1) is 19.3. The summed E-state index contributed by atoms with van der Waals surface area (Å²) in [5.41, 5.74) is 0.0200. The van der Waals surface area contributed by atoms with Gasteiger partial charge in [-0.1, -0.05) is 0 Å². The van der Waals surface area contributed by atoms with Crippen LogP contribution in [-0.2, 0) is 20.5 Å². The molecule has 0 aliphatic carbocycles. The second kappa shape index (κ2) is 6.72. The highest BCUT2D eigenvalue weighted by molar-refractivity contribution is 7.84. The van der Waals surface area contributed by atoms with E-state index < -0.39 is 28.1 Å². The summed E-state index contributed by atoms with van der Waals surface area (Å²) < 4.78 is 40.9. The summed E-state index contributed by atoms with van der Waals surface area (Å²) in [6.45, 7) is 7.34. The van der Waals surface area contributed by atoms with Crippen LogP contribution in [0.2, 0.25) is 0 Å². The van der Waals surface area contributed by atoms with Crippen LogP contribution in [0.1, 0.15) is 33.3 Å². The molecule has 1 N–H and O–H groups in total. The van der Waals surface area contributed by atoms with E-state index in [2.05, 4.69) is 5.32 Å². The first-order valence-corrected chi connectivity index (χ1v) is 9.20. The third-order valence-corrected chi connectivity index (χ3v) is 5.04. The largest absolute Gasteiger partial charge is 0.453 e. The summed E-state index contributed by atoms with van der Waals surface area (Å²) in [5.74, 6) is 0.679. The number of benzene rings is 1. The zero-order valence-electron chi connectivity index (χ0n) is 15.2. The van der Waals surface area contributed by atoms with Crippen LogP contribution in [-0.4, -0.2) is 45.2 Å². The SMILES string of the molecule is CC(C)NC(=O)OC1Oc2ccc(OS(=O)(=O)N(C)C)cc2C1(C)C. The van der Waals surface area contributed by atoms with Gasteiger partial charge in [-0.15, -0.1) is 0 Å². The Balaban J connectivity index is 2.22. The minimum atomic E-state index is -3.85. The zero-order chi connectivity index (χ0) is 19.0. The minimum Gasteiger partial charge on any atom is -0.453 e. The Morgan fingerprint density at radius 2 is 1.96 bits per heavy atom. The van der Waals surface area contributed by atoms with E-state index in [9.17, 15) is 13.2 Å². The van der Waals surface area contributed by atoms with Crippen molar-refractivity contribution in [1.29, 1.82) is 0 Å². The fourth-order valence-electron chi connectivity index (χ4n) is 2.29. The fourth-order valence-corrected chi connectivity index (χ4v) is 2.79. The van der Waals surface area contributed by atoms with Gasteiger partial charge in [-0.05, 0) is 45.9 Å². The van der Waals surface area contributed by atoms with Crippen molar-refractivity contribution in [2.45, 2.75) is 45.4 Å². The third kappa shape index (κ3) is 4.16. The van der Waals surface area contributed by atoms with Crippen molar-refractivity contribution in [2.75, 3.05) is 14.1 Å². The quantitative estimate of drug-likeness (QED) is 0.850. The van der Waals surface area contributed by atoms with E-state index in [0.717, 1.165) is 4.31 Å². The van der Waals surface area contributed by atoms with E-state index in [1.807, 2.05) is 27.7 Å². The van der Waals surface area contributed by atoms with E-state index in [-0.39, 0.29) is 11.8 Å². The molecule has 0 radical (unpaired) electrons. The topological polar surface area (TPSA) is 94.2 Å². The Morgan fingerprint density at radius 1 is 1.32 bits per heavy atom. The summed E-state index contributed by atoms with van der Waals surface area (Å²) >= 11 is 0. The minimum absolute atomic E-state index is 0.0596. The lowest BCUT2D eigenvalue weighted by molar-refractivity contribution is -0.0569. The summed E-state index contributed by atoms with van der Waals surface area (Å²) in [5, 5.41) is 2.64. The van der Waals surface area contributed by atoms with Crippen LogP contribution >= 0.6 is 0 Å². The van der Waals surface area contributed by atoms with Crippen LogP contribution in [0.4, 0.5) is 4.79 Å². The highest BCUT2D eigenvalue weighted by Crippen LogP contribution is 2.44. The van der Waals surface area contributed by atoms with E-state index in [1.54, 1.807) is 12.1 Å². The average molecular weight is 372 g/mol. The van der Waals surface area contributed by atoms with Crippen LogP contribution in [0.5, 0.6) is 11.5 Å². The predicted molar refractivity (Wildman–Crippen MR) is 91.9 cm³/mol. The molecule has 0 fully saturated rings. The Kier molecular flexibility index (Phi) is 5.19. The molecule has 0 aromatic heterocycles. The molecule has 8 nitrogen and oxygen atoms in total. The van der Waals surface area contributed by atoms with Crippen LogP contribution in [0.3, 0.4) is 0 Å². The number of fused-ring (bicyclic) bond motifs is 1. The van der Waals surface area contributed by atoms with Gasteiger partial charge >= 0.3 is 16.4 Å². The molecule has 0 bridgehead atoms. The summed E-state index contributed by atoms with van der Waals surface area (Å²) in [7, 11) is -1.09. The van der Waals surface area contributed by atoms with E-state index in [1.165, 1.54) is 20.2 Å². The van der Waals surface area contributed by atoms with Gasteiger partial charge in [-0.3, -0.25) is 0 Å². The van der Waals surface area contributed by atoms with Gasteiger partial charge in [-0.25, -0.2) is 4.79 Å². The maximum Gasteiger partial charge on any atom is 0.410 e. The molecule has 1 amide bonds. The molecule has 1 aliphatic heterocycles. The van der Waals surface area contributed by atoms with Crippen molar-refractivity contribution in [3.63, 3.8) is 0 Å². The van der Waals surface area contributed by atoms with Crippen molar-refractivity contribution in [2.24, 2.45) is 0 Å². The van der Waals surface area contributed by atoms with Gasteiger partial charge in [0.2, 0.25) is 0 Å². The molecule has 1 unspecified atom stereocenters. The van der Waals surface area contributed by atoms with Crippen molar-refractivity contribution in [3.8, 4) is 11.5 Å². The predicted octanol–water partition coefficient (Wildman–Crippen LogP) is 2.00. The van der Waals surface area contributed by atoms with Crippen molar-refractivity contribution >= 4 is 16.4 Å². The Bertz CT molecular complexity index is 758. The Hall–Kier alpha value is -2.00. The van der Waals surface area contributed by atoms with Gasteiger partial charge in [-0.2, -0.15) is 12.7 Å². The molecule has 25 heavy (non-hydrogen) atoms. The molecular weight excluding hydrogens is 348 g/mol. The van der Waals surface area contributed by atoms with Crippen molar-refractivity contribution < 1.29 is 26.9 Å². The number of carbonyl (C=O) groups excluding carboxylic acids is 1. The molecule has 0 spiro atoms. The molecule has 1 heterocycles. The standard InChI is InChI=1S/C16H24N2O6S/c1-10(2)17-15(19)23-14-16(3,4)12-9-11(7-8-13(12)22-14)24-25(20,21)18(5)6/h7-10,14H,1-6H3,(H,17,19). The average Bonchev–Trinajstić information content (AvgIpc) is 2.69. The van der Waals surface area contributed by atoms with Crippen LogP contribution in [0, 0.1) is 0 Å². The number of carbonyl (C=O) groups is 1. The lowest BCUT2D eigenvalue weighted by atomic mass is 9.85. The summed E-state index contributed by atoms with van der Waals surface area (Å²) in [6, 6.07) is 4.61. The molecule has 0 saturated heterocycles. The molecule has 9 heteroatoms. The highest BCUT2D eigenvalue weighted by Gasteiger charge is 2.45. The Morgan fingerprint density at radius 3 is 2.52 bits per heavy atom. The number of ether oxygens (including phenoxy) is 2. The van der Waals surface area contributed by atoms with Crippen molar-refractivity contribution in [3.05, 3.63) is 23.8 Å². The van der Waals surface area contributed by atoms with Gasteiger partial charge in [0.1, 0.15) is 11.5 Å². The monoisotopic (exact) mass is 372 g/mol. The van der Waals surface area contributed by atoms with E-state index >= 15 is 0 Å². The normalized spacial score (nSPS) is 18.6. The van der Waals surface area contributed by atoms with E-state index in [0.29, 0.717) is 11.3 Å². The lowest BCUT2D eigenvalue weighted by Crippen LogP contribution is -2.41. The van der Waals surface area contributed by atoms with Crippen LogP contribution in [0.15, 0.2) is 18.2 Å². The molecule has 1 atom stereocenters. The summed E-state index contributed by atoms with van der Waals surface area (Å²) in [4.78, 5) is 11.9. The van der Waals surface area contributed by atoms with Gasteiger partial charge in [0, 0.05) is 25.7 Å². The third-order valence-electron chi connectivity index (χ3n) is 3.74. The zero-order valence-corrected chi connectivity index (χ0v) is 16.0. The van der Waals surface area contributed by atoms with Crippen molar-refractivity contribution in [1.82, 2.24) is 9.62 Å². The second-order valence-corrected chi connectivity index (χ2v) is 8.61. The van der Waals surface area contributed by atoms with Gasteiger partial charge < -0.3 is 19.0 Å². The maximum absolute atomic E-state index is 11.9. The molecule has 0 saturated carbocycles. The first-order chi connectivity index (χ1) is 11.4. The van der Waals surface area contributed by atoms with Gasteiger partial charge in [0.05, 0.1) is 5.41 Å². The molecule has 1 aliphatic rings. The van der Waals surface area contributed by atoms with Gasteiger partial charge in [0.25, 0.3) is 6.29 Å². The summed E-state index contributed by atoms with van der Waals surface area (Å²) in [6.07, 6.45) is -1.41. The number of rotatable bonds is 5. The number of alkyl carbamates (subject to hydrolysis) is 1.